The molecule has 0 aliphatic carbocycles. The number of benzene rings is 3. The molecule has 0 bridgehead atoms. The molecule has 1 N–H and O–H groups in total. The van der Waals surface area contributed by atoms with Gasteiger partial charge in [-0.3, -0.25) is 0 Å². The van der Waals surface area contributed by atoms with E-state index in [1.54, 1.807) is 12.1 Å². The van der Waals surface area contributed by atoms with Gasteiger partial charge in [0.1, 0.15) is 5.75 Å². The Morgan fingerprint density at radius 1 is 0.906 bits per heavy atom. The van der Waals surface area contributed by atoms with Gasteiger partial charge in [-0.05, 0) is 42.8 Å². The summed E-state index contributed by atoms with van der Waals surface area (Å²) in [5.74, 6) is -0.304. The standard InChI is InChI=1S/C24H20O8/c1-13-6-4-5-7-17(13)32-24(27)16-11-20(29-3)19(28-2)10-15(16)21-14(23(25)26)8-9-18-22(21)31-12-30-18/h4-11H,12H2,1-3H3,(H,25,26). The number of esters is 1. The molecule has 8 nitrogen and oxygen atoms in total. The van der Waals surface area contributed by atoms with E-state index in [1.165, 1.54) is 38.5 Å². The number of aromatic carboxylic acids is 1. The summed E-state index contributed by atoms with van der Waals surface area (Å²) in [5, 5.41) is 9.82. The Kier molecular flexibility index (Phi) is 5.59. The van der Waals surface area contributed by atoms with Gasteiger partial charge in [0, 0.05) is 11.1 Å². The van der Waals surface area contributed by atoms with E-state index in [4.69, 9.17) is 23.7 Å². The number of ether oxygens (including phenoxy) is 5. The maximum absolute atomic E-state index is 13.3. The van der Waals surface area contributed by atoms with Crippen molar-refractivity contribution in [3.8, 4) is 39.9 Å². The van der Waals surface area contributed by atoms with Crippen LogP contribution < -0.4 is 23.7 Å². The number of methoxy groups -OCH3 is 2. The number of para-hydroxylation sites is 1. The van der Waals surface area contributed by atoms with Gasteiger partial charge in [0.2, 0.25) is 6.79 Å². The topological polar surface area (TPSA) is 101 Å². The van der Waals surface area contributed by atoms with E-state index in [-0.39, 0.29) is 40.5 Å². The predicted molar refractivity (Wildman–Crippen MR) is 114 cm³/mol. The number of carboxylic acids is 1. The van der Waals surface area contributed by atoms with E-state index < -0.39 is 11.9 Å². The summed E-state index contributed by atoms with van der Waals surface area (Å²) < 4.78 is 27.4. The first-order chi connectivity index (χ1) is 15.4. The van der Waals surface area contributed by atoms with Gasteiger partial charge in [-0.25, -0.2) is 9.59 Å². The van der Waals surface area contributed by atoms with Crippen molar-refractivity contribution in [2.75, 3.05) is 21.0 Å². The Bertz CT molecular complexity index is 1210. The van der Waals surface area contributed by atoms with Crippen molar-refractivity contribution in [3.63, 3.8) is 0 Å². The van der Waals surface area contributed by atoms with Gasteiger partial charge < -0.3 is 28.8 Å². The maximum atomic E-state index is 13.3. The lowest BCUT2D eigenvalue weighted by Gasteiger charge is -2.17. The van der Waals surface area contributed by atoms with Crippen molar-refractivity contribution in [1.82, 2.24) is 0 Å². The number of fused-ring (bicyclic) bond motifs is 1. The summed E-state index contributed by atoms with van der Waals surface area (Å²) in [7, 11) is 2.88. The summed E-state index contributed by atoms with van der Waals surface area (Å²) in [5.41, 5.74) is 1.22. The molecule has 164 valence electrons. The van der Waals surface area contributed by atoms with Crippen molar-refractivity contribution in [1.29, 1.82) is 0 Å². The van der Waals surface area contributed by atoms with Crippen molar-refractivity contribution in [3.05, 3.63) is 65.2 Å². The number of hydrogen-bond acceptors (Lipinski definition) is 7. The highest BCUT2D eigenvalue weighted by Gasteiger charge is 2.30. The Labute approximate surface area is 183 Å². The zero-order chi connectivity index (χ0) is 22.8. The summed E-state index contributed by atoms with van der Waals surface area (Å²) in [6.07, 6.45) is 0. The van der Waals surface area contributed by atoms with E-state index in [0.29, 0.717) is 17.2 Å². The van der Waals surface area contributed by atoms with Crippen LogP contribution in [0.1, 0.15) is 26.3 Å². The molecule has 0 fully saturated rings. The van der Waals surface area contributed by atoms with E-state index in [2.05, 4.69) is 0 Å². The average molecular weight is 436 g/mol. The molecular formula is C24H20O8. The Morgan fingerprint density at radius 2 is 1.62 bits per heavy atom. The number of carboxylic acid groups (broad SMARTS) is 1. The maximum Gasteiger partial charge on any atom is 0.344 e. The monoisotopic (exact) mass is 436 g/mol. The second-order valence-electron chi connectivity index (χ2n) is 6.93. The lowest BCUT2D eigenvalue weighted by atomic mass is 9.93. The molecule has 0 spiro atoms. The Hall–Kier alpha value is -4.20. The molecule has 0 saturated carbocycles. The van der Waals surface area contributed by atoms with Gasteiger partial charge in [0.05, 0.1) is 25.3 Å². The fourth-order valence-corrected chi connectivity index (χ4v) is 3.50. The van der Waals surface area contributed by atoms with Crippen LogP contribution in [0.2, 0.25) is 0 Å². The molecule has 0 aromatic heterocycles. The minimum Gasteiger partial charge on any atom is -0.493 e. The van der Waals surface area contributed by atoms with Crippen LogP contribution in [-0.2, 0) is 0 Å². The van der Waals surface area contributed by atoms with Crippen molar-refractivity contribution in [2.24, 2.45) is 0 Å². The first-order valence-electron chi connectivity index (χ1n) is 9.64. The zero-order valence-corrected chi connectivity index (χ0v) is 17.6. The summed E-state index contributed by atoms with van der Waals surface area (Å²) >= 11 is 0. The number of carbonyl (C=O) groups excluding carboxylic acids is 1. The molecule has 3 aromatic carbocycles. The van der Waals surface area contributed by atoms with Crippen LogP contribution in [0.5, 0.6) is 28.7 Å². The Morgan fingerprint density at radius 3 is 2.31 bits per heavy atom. The number of hydrogen-bond donors (Lipinski definition) is 1. The zero-order valence-electron chi connectivity index (χ0n) is 17.6. The SMILES string of the molecule is COc1cc(C(=O)Oc2ccccc2C)c(-c2c(C(=O)O)ccc3c2OCO3)cc1OC. The van der Waals surface area contributed by atoms with Crippen LogP contribution in [0.15, 0.2) is 48.5 Å². The van der Waals surface area contributed by atoms with Crippen LogP contribution in [0.4, 0.5) is 0 Å². The minimum absolute atomic E-state index is 0.0635. The lowest BCUT2D eigenvalue weighted by Crippen LogP contribution is -2.13. The molecule has 1 heterocycles. The Balaban J connectivity index is 1.95. The fourth-order valence-electron chi connectivity index (χ4n) is 3.50. The molecule has 0 saturated heterocycles. The first-order valence-corrected chi connectivity index (χ1v) is 9.64. The number of rotatable bonds is 6. The molecule has 0 unspecified atom stereocenters. The highest BCUT2D eigenvalue weighted by Crippen LogP contribution is 2.47. The van der Waals surface area contributed by atoms with E-state index in [9.17, 15) is 14.7 Å². The van der Waals surface area contributed by atoms with Gasteiger partial charge in [0.15, 0.2) is 23.0 Å². The molecule has 0 atom stereocenters. The van der Waals surface area contributed by atoms with Crippen molar-refractivity contribution in [2.45, 2.75) is 6.92 Å². The van der Waals surface area contributed by atoms with Gasteiger partial charge in [-0.15, -0.1) is 0 Å². The third kappa shape index (κ3) is 3.66. The van der Waals surface area contributed by atoms with Crippen LogP contribution in [0, 0.1) is 6.92 Å². The fraction of sp³-hybridized carbons (Fsp3) is 0.167. The molecular weight excluding hydrogens is 416 g/mol. The first kappa shape index (κ1) is 21.0. The van der Waals surface area contributed by atoms with E-state index in [1.807, 2.05) is 19.1 Å². The van der Waals surface area contributed by atoms with Gasteiger partial charge in [0.25, 0.3) is 0 Å². The summed E-state index contributed by atoms with van der Waals surface area (Å²) in [6.45, 7) is 1.75. The molecule has 1 aliphatic rings. The largest absolute Gasteiger partial charge is 0.493 e. The van der Waals surface area contributed by atoms with Gasteiger partial charge in [-0.2, -0.15) is 0 Å². The molecule has 1 aliphatic heterocycles. The third-order valence-electron chi connectivity index (χ3n) is 5.08. The molecule has 3 aromatic rings. The summed E-state index contributed by atoms with van der Waals surface area (Å²) in [6, 6.07) is 13.0. The van der Waals surface area contributed by atoms with E-state index in [0.717, 1.165) is 5.56 Å². The average Bonchev–Trinajstić information content (AvgIpc) is 3.27. The third-order valence-corrected chi connectivity index (χ3v) is 5.08. The number of carbonyl (C=O) groups is 2. The van der Waals surface area contributed by atoms with Crippen LogP contribution in [0.3, 0.4) is 0 Å². The van der Waals surface area contributed by atoms with Crippen molar-refractivity contribution < 1.29 is 38.4 Å². The predicted octanol–water partition coefficient (Wildman–Crippen LogP) is 4.33. The van der Waals surface area contributed by atoms with Crippen LogP contribution >= 0.6 is 0 Å². The van der Waals surface area contributed by atoms with E-state index >= 15 is 0 Å². The highest BCUT2D eigenvalue weighted by atomic mass is 16.7. The molecule has 0 radical (unpaired) electrons. The number of aryl methyl sites for hydroxylation is 1. The molecule has 8 heteroatoms. The molecule has 4 rings (SSSR count). The second kappa shape index (κ2) is 8.50. The van der Waals surface area contributed by atoms with Crippen LogP contribution in [0.25, 0.3) is 11.1 Å². The highest BCUT2D eigenvalue weighted by molar-refractivity contribution is 6.06. The molecule has 0 amide bonds. The normalized spacial score (nSPS) is 11.7. The van der Waals surface area contributed by atoms with Gasteiger partial charge >= 0.3 is 11.9 Å². The lowest BCUT2D eigenvalue weighted by molar-refractivity contribution is 0.0693. The summed E-state index contributed by atoms with van der Waals surface area (Å²) in [4.78, 5) is 25.3. The molecule has 32 heavy (non-hydrogen) atoms. The smallest absolute Gasteiger partial charge is 0.344 e. The quantitative estimate of drug-likeness (QED) is 0.450. The van der Waals surface area contributed by atoms with Crippen molar-refractivity contribution >= 4 is 11.9 Å². The minimum atomic E-state index is -1.19. The second-order valence-corrected chi connectivity index (χ2v) is 6.93. The van der Waals surface area contributed by atoms with Crippen LogP contribution in [-0.4, -0.2) is 38.1 Å². The van der Waals surface area contributed by atoms with Gasteiger partial charge in [-0.1, -0.05) is 18.2 Å².